The Morgan fingerprint density at radius 3 is 1.50 bits per heavy atom. The van der Waals surface area contributed by atoms with Gasteiger partial charge in [-0.1, -0.05) is 0 Å². The summed E-state index contributed by atoms with van der Waals surface area (Å²) in [4.78, 5) is 2.26. The normalized spacial score (nSPS) is 13.1. The molecule has 0 aliphatic heterocycles. The fourth-order valence-electron chi connectivity index (χ4n) is 1.27. The highest BCUT2D eigenvalue weighted by Crippen LogP contribution is 2.24. The molecule has 0 N–H and O–H groups in total. The Labute approximate surface area is 131 Å². The van der Waals surface area contributed by atoms with Crippen LogP contribution < -0.4 is 0 Å². The van der Waals surface area contributed by atoms with E-state index in [-0.39, 0.29) is 0 Å². The maximum Gasteiger partial charge on any atom is 0.0771 e. The third-order valence-corrected chi connectivity index (χ3v) is 5.67. The summed E-state index contributed by atoms with van der Waals surface area (Å²) >= 11 is 10.2. The molecule has 0 aromatic carbocycles. The molecular weight excluding hydrogens is 396 g/mol. The van der Waals surface area contributed by atoms with Crippen LogP contribution in [0.25, 0.3) is 0 Å². The number of halogens is 2. The number of nitrogens with zero attached hydrogens (tertiary/aromatic N) is 2. The average molecular weight is 406 g/mol. The van der Waals surface area contributed by atoms with E-state index in [9.17, 15) is 0 Å². The zero-order valence-corrected chi connectivity index (χ0v) is 14.6. The van der Waals surface area contributed by atoms with Gasteiger partial charge in [-0.05, 0) is 70.0 Å². The van der Waals surface area contributed by atoms with Crippen molar-refractivity contribution < 1.29 is 0 Å². The van der Waals surface area contributed by atoms with Crippen LogP contribution in [0, 0.1) is 0 Å². The Morgan fingerprint density at radius 1 is 0.833 bits per heavy atom. The van der Waals surface area contributed by atoms with E-state index in [0.29, 0.717) is 0 Å². The van der Waals surface area contributed by atoms with Crippen molar-refractivity contribution in [3.05, 3.63) is 41.6 Å². The molecule has 2 nitrogen and oxygen atoms in total. The zero-order valence-electron chi connectivity index (χ0n) is 9.78. The van der Waals surface area contributed by atoms with E-state index in [0.717, 1.165) is 28.8 Å². The van der Waals surface area contributed by atoms with Gasteiger partial charge in [0.05, 0.1) is 28.8 Å². The summed E-state index contributed by atoms with van der Waals surface area (Å²) in [6.07, 6.45) is 0. The number of hydrogen-bond donors (Lipinski definition) is 0. The van der Waals surface area contributed by atoms with Gasteiger partial charge in [-0.2, -0.15) is 10.2 Å². The van der Waals surface area contributed by atoms with Crippen LogP contribution in [-0.4, -0.2) is 11.4 Å². The summed E-state index contributed by atoms with van der Waals surface area (Å²) in [5.41, 5.74) is 1.86. The van der Waals surface area contributed by atoms with Gasteiger partial charge in [-0.3, -0.25) is 0 Å². The van der Waals surface area contributed by atoms with Crippen LogP contribution in [0.2, 0.25) is 0 Å². The Hall–Kier alpha value is -0.300. The predicted molar refractivity (Wildman–Crippen MR) is 88.5 cm³/mol. The molecule has 2 heterocycles. The number of thiophene rings is 2. The Kier molecular flexibility index (Phi) is 4.89. The predicted octanol–water partition coefficient (Wildman–Crippen LogP) is 5.57. The monoisotopic (exact) mass is 404 g/mol. The number of hydrogen-bond acceptors (Lipinski definition) is 4. The van der Waals surface area contributed by atoms with E-state index >= 15 is 0 Å². The minimum absolute atomic E-state index is 0.931. The van der Waals surface area contributed by atoms with E-state index in [2.05, 4.69) is 42.1 Å². The molecule has 2 rings (SSSR count). The number of rotatable bonds is 3. The van der Waals surface area contributed by atoms with Gasteiger partial charge in [0.15, 0.2) is 0 Å². The SMILES string of the molecule is CC(=NN=C(C)c1ccc(Br)s1)c1ccc(Br)s1. The minimum atomic E-state index is 0.931. The molecule has 0 atom stereocenters. The Balaban J connectivity index is 2.18. The maximum atomic E-state index is 4.28. The molecule has 0 aliphatic rings. The molecule has 18 heavy (non-hydrogen) atoms. The lowest BCUT2D eigenvalue weighted by Gasteiger charge is -1.94. The van der Waals surface area contributed by atoms with E-state index in [1.54, 1.807) is 22.7 Å². The van der Waals surface area contributed by atoms with Gasteiger partial charge in [-0.15, -0.1) is 22.7 Å². The Bertz CT molecular complexity index is 557. The van der Waals surface area contributed by atoms with Crippen LogP contribution in [-0.2, 0) is 0 Å². The van der Waals surface area contributed by atoms with Crippen LogP contribution >= 0.6 is 54.5 Å². The van der Waals surface area contributed by atoms with Crippen molar-refractivity contribution in [1.82, 2.24) is 0 Å². The third kappa shape index (κ3) is 3.60. The van der Waals surface area contributed by atoms with Crippen LogP contribution in [0.3, 0.4) is 0 Å². The van der Waals surface area contributed by atoms with Crippen LogP contribution in [0.5, 0.6) is 0 Å². The minimum Gasteiger partial charge on any atom is -0.154 e. The summed E-state index contributed by atoms with van der Waals surface area (Å²) in [6.45, 7) is 3.94. The van der Waals surface area contributed by atoms with Crippen LogP contribution in [0.15, 0.2) is 42.0 Å². The molecule has 0 amide bonds. The topological polar surface area (TPSA) is 24.7 Å². The first-order valence-electron chi connectivity index (χ1n) is 5.16. The van der Waals surface area contributed by atoms with Gasteiger partial charge in [0.25, 0.3) is 0 Å². The first kappa shape index (κ1) is 14.1. The molecule has 6 heteroatoms. The molecular formula is C12H10Br2N2S2. The van der Waals surface area contributed by atoms with Crippen molar-refractivity contribution in [1.29, 1.82) is 0 Å². The lowest BCUT2D eigenvalue weighted by atomic mass is 10.3. The second-order valence-corrected chi connectivity index (χ2v) is 8.50. The molecule has 0 saturated carbocycles. The van der Waals surface area contributed by atoms with Gasteiger partial charge >= 0.3 is 0 Å². The van der Waals surface area contributed by atoms with Crippen LogP contribution in [0.4, 0.5) is 0 Å². The van der Waals surface area contributed by atoms with E-state index < -0.39 is 0 Å². The fourth-order valence-corrected chi connectivity index (χ4v) is 3.92. The average Bonchev–Trinajstić information content (AvgIpc) is 2.94. The van der Waals surface area contributed by atoms with Crippen molar-refractivity contribution >= 4 is 66.0 Å². The van der Waals surface area contributed by atoms with Gasteiger partial charge in [0.2, 0.25) is 0 Å². The van der Waals surface area contributed by atoms with Gasteiger partial charge < -0.3 is 0 Å². The molecule has 2 aromatic rings. The van der Waals surface area contributed by atoms with Crippen molar-refractivity contribution in [2.75, 3.05) is 0 Å². The zero-order chi connectivity index (χ0) is 13.1. The second-order valence-electron chi connectivity index (χ2n) is 3.58. The lowest BCUT2D eigenvalue weighted by molar-refractivity contribution is 1.22. The smallest absolute Gasteiger partial charge is 0.0771 e. The fraction of sp³-hybridized carbons (Fsp3) is 0.167. The largest absolute Gasteiger partial charge is 0.154 e. The van der Waals surface area contributed by atoms with Crippen molar-refractivity contribution in [2.45, 2.75) is 13.8 Å². The highest BCUT2D eigenvalue weighted by Gasteiger charge is 2.03. The third-order valence-electron chi connectivity index (χ3n) is 2.21. The molecule has 0 spiro atoms. The van der Waals surface area contributed by atoms with Gasteiger partial charge in [0, 0.05) is 0 Å². The van der Waals surface area contributed by atoms with Crippen molar-refractivity contribution in [2.24, 2.45) is 10.2 Å². The summed E-state index contributed by atoms with van der Waals surface area (Å²) in [7, 11) is 0. The molecule has 0 unspecified atom stereocenters. The molecule has 0 saturated heterocycles. The quantitative estimate of drug-likeness (QED) is 0.471. The highest BCUT2D eigenvalue weighted by molar-refractivity contribution is 9.11. The molecule has 0 fully saturated rings. The summed E-state index contributed by atoms with van der Waals surface area (Å²) < 4.78 is 2.21. The maximum absolute atomic E-state index is 4.28. The molecule has 0 bridgehead atoms. The van der Waals surface area contributed by atoms with Crippen molar-refractivity contribution in [3.8, 4) is 0 Å². The van der Waals surface area contributed by atoms with Gasteiger partial charge in [0.1, 0.15) is 0 Å². The summed E-state index contributed by atoms with van der Waals surface area (Å²) in [6, 6.07) is 8.12. The summed E-state index contributed by atoms with van der Waals surface area (Å²) in [5, 5.41) is 8.56. The molecule has 94 valence electrons. The van der Waals surface area contributed by atoms with E-state index in [1.165, 1.54) is 0 Å². The van der Waals surface area contributed by atoms with Crippen molar-refractivity contribution in [3.63, 3.8) is 0 Å². The highest BCUT2D eigenvalue weighted by atomic mass is 79.9. The summed E-state index contributed by atoms with van der Waals surface area (Å²) in [5.74, 6) is 0. The molecule has 2 aromatic heterocycles. The Morgan fingerprint density at radius 2 is 1.22 bits per heavy atom. The standard InChI is InChI=1S/C12H10Br2N2S2/c1-7(9-3-5-11(13)17-9)15-16-8(2)10-4-6-12(14)18-10/h3-6H,1-2H3. The van der Waals surface area contributed by atoms with E-state index in [1.807, 2.05) is 38.1 Å². The van der Waals surface area contributed by atoms with E-state index in [4.69, 9.17) is 0 Å². The van der Waals surface area contributed by atoms with Gasteiger partial charge in [-0.25, -0.2) is 0 Å². The lowest BCUT2D eigenvalue weighted by Crippen LogP contribution is -1.92. The second kappa shape index (κ2) is 6.23. The first-order valence-corrected chi connectivity index (χ1v) is 8.38. The molecule has 0 aliphatic carbocycles. The first-order chi connectivity index (χ1) is 8.56. The molecule has 0 radical (unpaired) electrons. The van der Waals surface area contributed by atoms with Crippen LogP contribution in [0.1, 0.15) is 23.6 Å².